The predicted molar refractivity (Wildman–Crippen MR) is 102 cm³/mol. The third-order valence-electron chi connectivity index (χ3n) is 4.28. The second kappa shape index (κ2) is 8.34. The molecule has 2 N–H and O–H groups in total. The first-order valence-electron chi connectivity index (χ1n) is 9.21. The van der Waals surface area contributed by atoms with Gasteiger partial charge in [-0.2, -0.15) is 0 Å². The van der Waals surface area contributed by atoms with Gasteiger partial charge in [-0.25, -0.2) is 0 Å². The number of rotatable bonds is 6. The number of anilines is 1. The maximum Gasteiger partial charge on any atom is 0.253 e. The topological polar surface area (TPSA) is 78.5 Å². The highest BCUT2D eigenvalue weighted by Crippen LogP contribution is 2.22. The molecule has 1 aliphatic rings. The highest BCUT2D eigenvalue weighted by atomic mass is 16.2. The highest BCUT2D eigenvalue weighted by molar-refractivity contribution is 6.05. The maximum absolute atomic E-state index is 12.6. The number of hydrogen-bond donors (Lipinski definition) is 2. The number of unbranched alkanes of at least 4 members (excludes halogenated alkanes) is 1. The molecule has 0 saturated carbocycles. The Morgan fingerprint density at radius 2 is 1.92 bits per heavy atom. The van der Waals surface area contributed by atoms with E-state index < -0.39 is 0 Å². The molecule has 0 spiro atoms. The van der Waals surface area contributed by atoms with E-state index in [0.29, 0.717) is 24.3 Å². The van der Waals surface area contributed by atoms with Gasteiger partial charge in [0, 0.05) is 25.0 Å². The van der Waals surface area contributed by atoms with Crippen LogP contribution in [0.2, 0.25) is 0 Å². The van der Waals surface area contributed by atoms with Gasteiger partial charge in [-0.05, 0) is 39.3 Å². The number of likely N-dealkylation sites (tertiary alicyclic amines) is 1. The summed E-state index contributed by atoms with van der Waals surface area (Å²) in [7, 11) is 0. The lowest BCUT2D eigenvalue weighted by Gasteiger charge is -2.22. The van der Waals surface area contributed by atoms with Gasteiger partial charge >= 0.3 is 0 Å². The van der Waals surface area contributed by atoms with Crippen LogP contribution in [0.3, 0.4) is 0 Å². The van der Waals surface area contributed by atoms with Crippen LogP contribution in [0.15, 0.2) is 24.3 Å². The largest absolute Gasteiger partial charge is 0.347 e. The van der Waals surface area contributed by atoms with E-state index in [1.54, 1.807) is 29.2 Å². The lowest BCUT2D eigenvalue weighted by atomic mass is 10.1. The van der Waals surface area contributed by atoms with E-state index in [4.69, 9.17) is 0 Å². The Morgan fingerprint density at radius 1 is 1.23 bits per heavy atom. The van der Waals surface area contributed by atoms with E-state index in [0.717, 1.165) is 12.8 Å². The second-order valence-corrected chi connectivity index (χ2v) is 7.83. The molecule has 0 bridgehead atoms. The average molecular weight is 359 g/mol. The number of para-hydroxylation sites is 1. The van der Waals surface area contributed by atoms with E-state index in [-0.39, 0.29) is 35.6 Å². The van der Waals surface area contributed by atoms with E-state index in [1.165, 1.54) is 0 Å². The van der Waals surface area contributed by atoms with Crippen LogP contribution in [-0.2, 0) is 9.59 Å². The minimum Gasteiger partial charge on any atom is -0.347 e. The molecule has 1 aromatic carbocycles. The predicted octanol–water partition coefficient (Wildman–Crippen LogP) is 2.80. The molecule has 0 aromatic heterocycles. The number of benzene rings is 1. The zero-order valence-electron chi connectivity index (χ0n) is 16.1. The molecule has 0 aliphatic carbocycles. The number of carbonyl (C=O) groups is 3. The Balaban J connectivity index is 2.06. The van der Waals surface area contributed by atoms with Gasteiger partial charge in [0.2, 0.25) is 11.8 Å². The van der Waals surface area contributed by atoms with Crippen molar-refractivity contribution >= 4 is 23.4 Å². The lowest BCUT2D eigenvalue weighted by molar-refractivity contribution is -0.128. The summed E-state index contributed by atoms with van der Waals surface area (Å²) in [5.74, 6) is -0.802. The number of carbonyl (C=O) groups excluding carboxylic acids is 3. The Kier molecular flexibility index (Phi) is 6.40. The van der Waals surface area contributed by atoms with Crippen molar-refractivity contribution in [1.82, 2.24) is 10.2 Å². The second-order valence-electron chi connectivity index (χ2n) is 7.83. The number of nitrogens with one attached hydrogen (secondary N) is 2. The summed E-state index contributed by atoms with van der Waals surface area (Å²) in [5, 5.41) is 5.74. The minimum atomic E-state index is -0.377. The van der Waals surface area contributed by atoms with E-state index in [2.05, 4.69) is 17.6 Å². The van der Waals surface area contributed by atoms with E-state index in [1.807, 2.05) is 20.8 Å². The smallest absolute Gasteiger partial charge is 0.253 e. The number of hydrogen-bond acceptors (Lipinski definition) is 3. The van der Waals surface area contributed by atoms with Gasteiger partial charge in [-0.3, -0.25) is 14.4 Å². The third-order valence-corrected chi connectivity index (χ3v) is 4.28. The minimum absolute atomic E-state index is 0.0253. The third kappa shape index (κ3) is 5.31. The first-order valence-corrected chi connectivity index (χ1v) is 9.21. The lowest BCUT2D eigenvalue weighted by Crippen LogP contribution is -2.41. The number of amides is 3. The van der Waals surface area contributed by atoms with Gasteiger partial charge in [0.25, 0.3) is 5.91 Å². The Labute approximate surface area is 155 Å². The Morgan fingerprint density at radius 3 is 2.58 bits per heavy atom. The summed E-state index contributed by atoms with van der Waals surface area (Å²) < 4.78 is 0. The van der Waals surface area contributed by atoms with E-state index >= 15 is 0 Å². The summed E-state index contributed by atoms with van der Waals surface area (Å²) >= 11 is 0. The van der Waals surface area contributed by atoms with Gasteiger partial charge in [-0.1, -0.05) is 25.5 Å². The molecule has 26 heavy (non-hydrogen) atoms. The van der Waals surface area contributed by atoms with Crippen molar-refractivity contribution in [2.75, 3.05) is 18.4 Å². The van der Waals surface area contributed by atoms with Crippen molar-refractivity contribution in [2.45, 2.75) is 52.5 Å². The van der Waals surface area contributed by atoms with E-state index in [9.17, 15) is 14.4 Å². The van der Waals surface area contributed by atoms with Gasteiger partial charge in [0.1, 0.15) is 0 Å². The van der Waals surface area contributed by atoms with Crippen LogP contribution in [0.4, 0.5) is 5.69 Å². The van der Waals surface area contributed by atoms with Crippen LogP contribution >= 0.6 is 0 Å². The first-order chi connectivity index (χ1) is 12.2. The molecule has 1 aromatic rings. The molecule has 1 fully saturated rings. The molecule has 1 saturated heterocycles. The maximum atomic E-state index is 12.6. The van der Waals surface area contributed by atoms with Crippen molar-refractivity contribution in [3.05, 3.63) is 29.8 Å². The van der Waals surface area contributed by atoms with Gasteiger partial charge in [-0.15, -0.1) is 0 Å². The average Bonchev–Trinajstić information content (AvgIpc) is 2.93. The molecule has 0 radical (unpaired) electrons. The summed E-state index contributed by atoms with van der Waals surface area (Å²) in [4.78, 5) is 38.9. The Hall–Kier alpha value is -2.37. The molecule has 6 heteroatoms. The molecule has 2 rings (SSSR count). The summed E-state index contributed by atoms with van der Waals surface area (Å²) in [6.07, 6.45) is 2.18. The zero-order chi connectivity index (χ0) is 19.3. The van der Waals surface area contributed by atoms with Crippen LogP contribution in [0.1, 0.15) is 57.3 Å². The van der Waals surface area contributed by atoms with Gasteiger partial charge in [0.05, 0.1) is 17.2 Å². The number of nitrogens with zero attached hydrogens (tertiary/aromatic N) is 1. The molecule has 142 valence electrons. The van der Waals surface area contributed by atoms with Crippen LogP contribution in [0, 0.1) is 5.92 Å². The van der Waals surface area contributed by atoms with Gasteiger partial charge < -0.3 is 15.5 Å². The van der Waals surface area contributed by atoms with Crippen molar-refractivity contribution < 1.29 is 14.4 Å². The fourth-order valence-corrected chi connectivity index (χ4v) is 2.95. The highest BCUT2D eigenvalue weighted by Gasteiger charge is 2.34. The molecular formula is C20H29N3O3. The SMILES string of the molecule is CCCCN1CC(C(=O)Nc2ccccc2C(=O)NC(C)(C)C)CC1=O. The first kappa shape index (κ1) is 19.9. The molecule has 1 heterocycles. The Bertz CT molecular complexity index is 679. The fraction of sp³-hybridized carbons (Fsp3) is 0.550. The van der Waals surface area contributed by atoms with Crippen LogP contribution in [-0.4, -0.2) is 41.2 Å². The van der Waals surface area contributed by atoms with Crippen LogP contribution in [0.5, 0.6) is 0 Å². The molecule has 6 nitrogen and oxygen atoms in total. The zero-order valence-corrected chi connectivity index (χ0v) is 16.1. The quantitative estimate of drug-likeness (QED) is 0.820. The molecule has 3 amide bonds. The fourth-order valence-electron chi connectivity index (χ4n) is 2.95. The van der Waals surface area contributed by atoms with Crippen molar-refractivity contribution in [1.29, 1.82) is 0 Å². The van der Waals surface area contributed by atoms with Crippen molar-refractivity contribution in [2.24, 2.45) is 5.92 Å². The van der Waals surface area contributed by atoms with Crippen LogP contribution in [0.25, 0.3) is 0 Å². The molecule has 1 atom stereocenters. The van der Waals surface area contributed by atoms with Crippen molar-refractivity contribution in [3.8, 4) is 0 Å². The molecule has 1 unspecified atom stereocenters. The monoisotopic (exact) mass is 359 g/mol. The molecular weight excluding hydrogens is 330 g/mol. The van der Waals surface area contributed by atoms with Crippen LogP contribution < -0.4 is 10.6 Å². The standard InChI is InChI=1S/C20H29N3O3/c1-5-6-11-23-13-14(12-17(23)24)18(25)21-16-10-8-7-9-15(16)19(26)22-20(2,3)4/h7-10,14H,5-6,11-13H2,1-4H3,(H,21,25)(H,22,26). The summed E-state index contributed by atoms with van der Waals surface area (Å²) in [5.41, 5.74) is 0.521. The van der Waals surface area contributed by atoms with Gasteiger partial charge in [0.15, 0.2) is 0 Å². The normalized spacial score (nSPS) is 17.3. The summed E-state index contributed by atoms with van der Waals surface area (Å²) in [6.45, 7) is 8.93. The summed E-state index contributed by atoms with van der Waals surface area (Å²) in [6, 6.07) is 6.93. The molecule has 1 aliphatic heterocycles. The van der Waals surface area contributed by atoms with Crippen molar-refractivity contribution in [3.63, 3.8) is 0 Å².